The second-order valence-corrected chi connectivity index (χ2v) is 6.10. The Hall–Kier alpha value is -0.530. The smallest absolute Gasteiger partial charge is 0.0380 e. The Bertz CT molecular complexity index is 332. The normalized spacial score (nSPS) is 18.4. The van der Waals surface area contributed by atoms with Crippen molar-refractivity contribution in [2.75, 3.05) is 12.4 Å². The molecule has 0 saturated heterocycles. The van der Waals surface area contributed by atoms with Crippen LogP contribution in [0.15, 0.2) is 30.3 Å². The van der Waals surface area contributed by atoms with Gasteiger partial charge >= 0.3 is 0 Å². The van der Waals surface area contributed by atoms with Gasteiger partial charge in [0.25, 0.3) is 0 Å². The summed E-state index contributed by atoms with van der Waals surface area (Å²) in [5.41, 5.74) is 1.37. The maximum Gasteiger partial charge on any atom is 0.0380 e. The average molecular weight is 280 g/mol. The average Bonchev–Trinajstić information content (AvgIpc) is 2.48. The van der Waals surface area contributed by atoms with E-state index in [2.05, 4.69) is 35.6 Å². The lowest BCUT2D eigenvalue weighted by Crippen LogP contribution is -2.34. The van der Waals surface area contributed by atoms with Gasteiger partial charge in [0.05, 0.1) is 0 Å². The number of rotatable bonds is 7. The Morgan fingerprint density at radius 3 is 2.53 bits per heavy atom. The van der Waals surface area contributed by atoms with Crippen LogP contribution < -0.4 is 5.32 Å². The Kier molecular flexibility index (Phi) is 6.73. The highest BCUT2D eigenvalue weighted by Gasteiger charge is 2.14. The molecule has 2 heteroatoms. The van der Waals surface area contributed by atoms with E-state index in [-0.39, 0.29) is 0 Å². The van der Waals surface area contributed by atoms with Gasteiger partial charge in [0.2, 0.25) is 0 Å². The summed E-state index contributed by atoms with van der Waals surface area (Å²) < 4.78 is 0. The predicted molar refractivity (Wildman–Crippen MR) is 83.8 cm³/mol. The second-order valence-electron chi connectivity index (χ2n) is 5.79. The molecule has 1 unspecified atom stereocenters. The number of hydrogen-bond acceptors (Lipinski definition) is 1. The molecule has 1 aromatic carbocycles. The van der Waals surface area contributed by atoms with Crippen LogP contribution in [0.25, 0.3) is 0 Å². The maximum atomic E-state index is 6.08. The summed E-state index contributed by atoms with van der Waals surface area (Å²) in [6, 6.07) is 11.0. The largest absolute Gasteiger partial charge is 0.312 e. The van der Waals surface area contributed by atoms with Gasteiger partial charge < -0.3 is 5.32 Å². The van der Waals surface area contributed by atoms with Crippen LogP contribution in [0.1, 0.15) is 44.1 Å². The Morgan fingerprint density at radius 1 is 1.11 bits per heavy atom. The fourth-order valence-corrected chi connectivity index (χ4v) is 3.27. The molecule has 2 rings (SSSR count). The van der Waals surface area contributed by atoms with E-state index in [1.807, 2.05) is 0 Å². The molecule has 0 spiro atoms. The van der Waals surface area contributed by atoms with Gasteiger partial charge in [0.15, 0.2) is 0 Å². The van der Waals surface area contributed by atoms with E-state index >= 15 is 0 Å². The van der Waals surface area contributed by atoms with Crippen molar-refractivity contribution >= 4 is 11.6 Å². The Labute approximate surface area is 122 Å². The van der Waals surface area contributed by atoms with E-state index in [0.717, 1.165) is 18.9 Å². The van der Waals surface area contributed by atoms with Crippen molar-refractivity contribution in [3.8, 4) is 0 Å². The highest BCUT2D eigenvalue weighted by Crippen LogP contribution is 2.25. The van der Waals surface area contributed by atoms with E-state index < -0.39 is 0 Å². The first-order valence-corrected chi connectivity index (χ1v) is 8.25. The van der Waals surface area contributed by atoms with Crippen molar-refractivity contribution in [1.29, 1.82) is 0 Å². The highest BCUT2D eigenvalue weighted by molar-refractivity contribution is 6.18. The van der Waals surface area contributed by atoms with Gasteiger partial charge in [-0.2, -0.15) is 0 Å². The van der Waals surface area contributed by atoms with Crippen molar-refractivity contribution < 1.29 is 0 Å². The third-order valence-corrected chi connectivity index (χ3v) is 4.59. The van der Waals surface area contributed by atoms with Crippen LogP contribution in [0.2, 0.25) is 0 Å². The number of benzene rings is 1. The van der Waals surface area contributed by atoms with Crippen LogP contribution in [0.4, 0.5) is 0 Å². The molecule has 1 atom stereocenters. The molecule has 1 nitrogen and oxygen atoms in total. The molecule has 0 radical (unpaired) electrons. The van der Waals surface area contributed by atoms with Gasteiger partial charge in [-0.05, 0) is 30.9 Å². The number of nitrogens with one attached hydrogen (secondary N) is 1. The van der Waals surface area contributed by atoms with Gasteiger partial charge in [0, 0.05) is 11.9 Å². The van der Waals surface area contributed by atoms with Crippen LogP contribution >= 0.6 is 11.6 Å². The molecule has 0 amide bonds. The summed E-state index contributed by atoms with van der Waals surface area (Å²) in [5.74, 6) is 1.65. The minimum atomic E-state index is 0.410. The number of hydrogen-bond donors (Lipinski definition) is 1. The number of halogens is 1. The molecule has 1 aliphatic carbocycles. The number of alkyl halides is 1. The van der Waals surface area contributed by atoms with Gasteiger partial charge in [-0.25, -0.2) is 0 Å². The lowest BCUT2D eigenvalue weighted by atomic mass is 9.87. The third-order valence-electron chi connectivity index (χ3n) is 4.22. The Balaban J connectivity index is 1.67. The minimum Gasteiger partial charge on any atom is -0.312 e. The van der Waals surface area contributed by atoms with Crippen LogP contribution in [-0.2, 0) is 6.42 Å². The van der Waals surface area contributed by atoms with Gasteiger partial charge in [-0.15, -0.1) is 11.6 Å². The molecule has 1 aliphatic rings. The van der Waals surface area contributed by atoms with E-state index in [4.69, 9.17) is 11.6 Å². The Morgan fingerprint density at radius 2 is 1.84 bits per heavy atom. The van der Waals surface area contributed by atoms with Crippen LogP contribution in [0, 0.1) is 5.92 Å². The minimum absolute atomic E-state index is 0.410. The lowest BCUT2D eigenvalue weighted by Gasteiger charge is -2.23. The van der Waals surface area contributed by atoms with Crippen LogP contribution in [-0.4, -0.2) is 18.5 Å². The highest BCUT2D eigenvalue weighted by atomic mass is 35.5. The molecule has 0 aliphatic heterocycles. The van der Waals surface area contributed by atoms with Crippen molar-refractivity contribution in [2.24, 2.45) is 5.92 Å². The third kappa shape index (κ3) is 5.54. The zero-order valence-electron chi connectivity index (χ0n) is 11.8. The molecule has 1 aromatic rings. The van der Waals surface area contributed by atoms with E-state index in [1.54, 1.807) is 0 Å². The van der Waals surface area contributed by atoms with E-state index in [1.165, 1.54) is 44.1 Å². The first-order chi connectivity index (χ1) is 9.38. The van der Waals surface area contributed by atoms with E-state index in [0.29, 0.717) is 11.9 Å². The van der Waals surface area contributed by atoms with Crippen molar-refractivity contribution in [3.63, 3.8) is 0 Å². The molecule has 1 N–H and O–H groups in total. The maximum absolute atomic E-state index is 6.08. The fourth-order valence-electron chi connectivity index (χ4n) is 3.05. The summed E-state index contributed by atoms with van der Waals surface area (Å²) in [4.78, 5) is 0. The van der Waals surface area contributed by atoms with Gasteiger partial charge in [0.1, 0.15) is 0 Å². The first-order valence-electron chi connectivity index (χ1n) is 7.71. The second kappa shape index (κ2) is 8.60. The first kappa shape index (κ1) is 14.9. The molecule has 1 fully saturated rings. The summed E-state index contributed by atoms with van der Waals surface area (Å²) in [7, 11) is 0. The summed E-state index contributed by atoms with van der Waals surface area (Å²) >= 11 is 6.08. The van der Waals surface area contributed by atoms with Crippen molar-refractivity contribution in [1.82, 2.24) is 5.32 Å². The quantitative estimate of drug-likeness (QED) is 0.730. The SMILES string of the molecule is ClCC(Cc1ccccc1)NCCC1CCCCC1. The van der Waals surface area contributed by atoms with Crippen LogP contribution in [0.5, 0.6) is 0 Å². The molecule has 0 aromatic heterocycles. The van der Waals surface area contributed by atoms with Crippen molar-refractivity contribution in [3.05, 3.63) is 35.9 Å². The zero-order valence-corrected chi connectivity index (χ0v) is 12.5. The molecule has 19 heavy (non-hydrogen) atoms. The fraction of sp³-hybridized carbons (Fsp3) is 0.647. The lowest BCUT2D eigenvalue weighted by molar-refractivity contribution is 0.329. The molecule has 1 saturated carbocycles. The van der Waals surface area contributed by atoms with Gasteiger partial charge in [-0.3, -0.25) is 0 Å². The topological polar surface area (TPSA) is 12.0 Å². The van der Waals surface area contributed by atoms with Gasteiger partial charge in [-0.1, -0.05) is 62.4 Å². The van der Waals surface area contributed by atoms with Crippen molar-refractivity contribution in [2.45, 2.75) is 51.0 Å². The summed E-state index contributed by atoms with van der Waals surface area (Å²) in [6.07, 6.45) is 9.55. The molecular formula is C17H26ClN. The zero-order chi connectivity index (χ0) is 13.3. The van der Waals surface area contributed by atoms with Crippen LogP contribution in [0.3, 0.4) is 0 Å². The molecule has 0 heterocycles. The molecule has 0 bridgehead atoms. The monoisotopic (exact) mass is 279 g/mol. The molecular weight excluding hydrogens is 254 g/mol. The standard InChI is InChI=1S/C17H26ClN/c18-14-17(13-16-9-5-2-6-10-16)19-12-11-15-7-3-1-4-8-15/h2,5-6,9-10,15,17,19H,1,3-4,7-8,11-14H2. The predicted octanol–water partition coefficient (Wildman–Crippen LogP) is 4.40. The summed E-state index contributed by atoms with van der Waals surface area (Å²) in [5, 5.41) is 3.63. The summed E-state index contributed by atoms with van der Waals surface area (Å²) in [6.45, 7) is 1.12. The molecule has 106 valence electrons. The van der Waals surface area contributed by atoms with E-state index in [9.17, 15) is 0 Å².